The fourth-order valence-electron chi connectivity index (χ4n) is 2.57. The molecule has 2 nitrogen and oxygen atoms in total. The lowest BCUT2D eigenvalue weighted by Crippen LogP contribution is -2.17. The summed E-state index contributed by atoms with van der Waals surface area (Å²) in [5.74, 6) is 0. The molecule has 1 saturated heterocycles. The number of rotatable bonds is 4. The number of halogens is 1. The lowest BCUT2D eigenvalue weighted by Gasteiger charge is -2.18. The third-order valence-corrected chi connectivity index (χ3v) is 4.00. The summed E-state index contributed by atoms with van der Waals surface area (Å²) in [4.78, 5) is 2.45. The van der Waals surface area contributed by atoms with E-state index in [1.807, 2.05) is 24.3 Å². The van der Waals surface area contributed by atoms with Crippen molar-refractivity contribution in [2.75, 3.05) is 23.3 Å². The van der Waals surface area contributed by atoms with Crippen LogP contribution in [0.2, 0.25) is 5.02 Å². The van der Waals surface area contributed by atoms with E-state index in [4.69, 9.17) is 11.6 Å². The molecule has 1 aliphatic rings. The largest absolute Gasteiger partial charge is 0.381 e. The van der Waals surface area contributed by atoms with Crippen LogP contribution in [0.25, 0.3) is 0 Å². The van der Waals surface area contributed by atoms with Gasteiger partial charge in [-0.25, -0.2) is 0 Å². The quantitative estimate of drug-likeness (QED) is 0.887. The first-order valence-electron chi connectivity index (χ1n) is 7.14. The molecule has 20 heavy (non-hydrogen) atoms. The van der Waals surface area contributed by atoms with Gasteiger partial charge in [-0.15, -0.1) is 0 Å². The van der Waals surface area contributed by atoms with Crippen LogP contribution >= 0.6 is 11.6 Å². The molecule has 0 saturated carbocycles. The lowest BCUT2D eigenvalue weighted by molar-refractivity contribution is 0.949. The van der Waals surface area contributed by atoms with Crippen LogP contribution in [0.3, 0.4) is 0 Å². The summed E-state index contributed by atoms with van der Waals surface area (Å²) >= 11 is 5.88. The number of benzene rings is 2. The van der Waals surface area contributed by atoms with E-state index in [2.05, 4.69) is 34.5 Å². The molecule has 0 aliphatic carbocycles. The molecule has 0 amide bonds. The SMILES string of the molecule is Clc1ccc(CNc2ccc(N3CCCC3)cc2)cc1. The van der Waals surface area contributed by atoms with Gasteiger partial charge in [0.1, 0.15) is 0 Å². The van der Waals surface area contributed by atoms with Crippen molar-refractivity contribution in [2.45, 2.75) is 19.4 Å². The second kappa shape index (κ2) is 6.19. The minimum absolute atomic E-state index is 0.781. The number of hydrogen-bond donors (Lipinski definition) is 1. The van der Waals surface area contributed by atoms with Crippen molar-refractivity contribution in [1.29, 1.82) is 0 Å². The molecule has 0 bridgehead atoms. The Hall–Kier alpha value is -1.67. The topological polar surface area (TPSA) is 15.3 Å². The fraction of sp³-hybridized carbons (Fsp3) is 0.294. The molecule has 104 valence electrons. The van der Waals surface area contributed by atoms with Crippen molar-refractivity contribution >= 4 is 23.0 Å². The number of anilines is 2. The van der Waals surface area contributed by atoms with E-state index in [1.165, 1.54) is 37.2 Å². The number of hydrogen-bond acceptors (Lipinski definition) is 2. The summed E-state index contributed by atoms with van der Waals surface area (Å²) in [6.07, 6.45) is 2.63. The first kappa shape index (κ1) is 13.3. The summed E-state index contributed by atoms with van der Waals surface area (Å²) < 4.78 is 0. The molecular formula is C17H19ClN2. The van der Waals surface area contributed by atoms with Gasteiger partial charge in [0, 0.05) is 36.0 Å². The Morgan fingerprint density at radius 1 is 0.900 bits per heavy atom. The molecule has 3 rings (SSSR count). The average molecular weight is 287 g/mol. The highest BCUT2D eigenvalue weighted by molar-refractivity contribution is 6.30. The Labute approximate surface area is 125 Å². The van der Waals surface area contributed by atoms with E-state index in [1.54, 1.807) is 0 Å². The highest BCUT2D eigenvalue weighted by Gasteiger charge is 2.11. The Kier molecular flexibility index (Phi) is 4.12. The van der Waals surface area contributed by atoms with E-state index in [0.717, 1.165) is 17.3 Å². The van der Waals surface area contributed by atoms with Crippen molar-refractivity contribution in [3.05, 3.63) is 59.1 Å². The van der Waals surface area contributed by atoms with Crippen LogP contribution in [0.1, 0.15) is 18.4 Å². The summed E-state index contributed by atoms with van der Waals surface area (Å²) in [5.41, 5.74) is 3.72. The molecule has 0 aromatic heterocycles. The van der Waals surface area contributed by atoms with E-state index >= 15 is 0 Å². The Morgan fingerprint density at radius 2 is 1.55 bits per heavy atom. The maximum Gasteiger partial charge on any atom is 0.0406 e. The van der Waals surface area contributed by atoms with Gasteiger partial charge in [0.25, 0.3) is 0 Å². The van der Waals surface area contributed by atoms with Crippen LogP contribution in [-0.4, -0.2) is 13.1 Å². The normalized spacial score (nSPS) is 14.6. The van der Waals surface area contributed by atoms with Crippen LogP contribution < -0.4 is 10.2 Å². The predicted octanol–water partition coefficient (Wildman–Crippen LogP) is 4.55. The number of nitrogens with one attached hydrogen (secondary N) is 1. The molecule has 1 fully saturated rings. The van der Waals surface area contributed by atoms with Gasteiger partial charge < -0.3 is 10.2 Å². The van der Waals surface area contributed by atoms with Gasteiger partial charge in [0.05, 0.1) is 0 Å². The molecule has 1 heterocycles. The van der Waals surface area contributed by atoms with Gasteiger partial charge in [-0.1, -0.05) is 23.7 Å². The van der Waals surface area contributed by atoms with Gasteiger partial charge in [-0.3, -0.25) is 0 Å². The zero-order valence-corrected chi connectivity index (χ0v) is 12.2. The second-order valence-electron chi connectivity index (χ2n) is 5.22. The third kappa shape index (κ3) is 3.26. The Bertz CT molecular complexity index is 542. The standard InChI is InChI=1S/C17H19ClN2/c18-15-5-3-14(4-6-15)13-19-16-7-9-17(10-8-16)20-11-1-2-12-20/h3-10,19H,1-2,11-13H2. The minimum atomic E-state index is 0.781. The second-order valence-corrected chi connectivity index (χ2v) is 5.66. The molecule has 0 atom stereocenters. The first-order chi connectivity index (χ1) is 9.81. The van der Waals surface area contributed by atoms with Crippen molar-refractivity contribution in [3.63, 3.8) is 0 Å². The van der Waals surface area contributed by atoms with Crippen LogP contribution in [0.15, 0.2) is 48.5 Å². The van der Waals surface area contributed by atoms with E-state index < -0.39 is 0 Å². The van der Waals surface area contributed by atoms with Gasteiger partial charge >= 0.3 is 0 Å². The zero-order valence-electron chi connectivity index (χ0n) is 11.5. The predicted molar refractivity (Wildman–Crippen MR) is 86.7 cm³/mol. The van der Waals surface area contributed by atoms with E-state index in [0.29, 0.717) is 0 Å². The van der Waals surface area contributed by atoms with E-state index in [9.17, 15) is 0 Å². The van der Waals surface area contributed by atoms with Crippen LogP contribution in [0.5, 0.6) is 0 Å². The van der Waals surface area contributed by atoms with Crippen molar-refractivity contribution < 1.29 is 0 Å². The lowest BCUT2D eigenvalue weighted by atomic mass is 10.2. The van der Waals surface area contributed by atoms with Gasteiger partial charge in [-0.05, 0) is 54.8 Å². The van der Waals surface area contributed by atoms with Gasteiger partial charge in [0.2, 0.25) is 0 Å². The van der Waals surface area contributed by atoms with Crippen LogP contribution in [0.4, 0.5) is 11.4 Å². The van der Waals surface area contributed by atoms with Crippen molar-refractivity contribution in [1.82, 2.24) is 0 Å². The highest BCUT2D eigenvalue weighted by atomic mass is 35.5. The minimum Gasteiger partial charge on any atom is -0.381 e. The molecule has 0 spiro atoms. The van der Waals surface area contributed by atoms with Crippen LogP contribution in [-0.2, 0) is 6.54 Å². The smallest absolute Gasteiger partial charge is 0.0406 e. The summed E-state index contributed by atoms with van der Waals surface area (Å²) in [6, 6.07) is 16.7. The van der Waals surface area contributed by atoms with Gasteiger partial charge in [-0.2, -0.15) is 0 Å². The molecule has 2 aromatic carbocycles. The highest BCUT2D eigenvalue weighted by Crippen LogP contribution is 2.22. The maximum atomic E-state index is 5.88. The van der Waals surface area contributed by atoms with Crippen molar-refractivity contribution in [2.24, 2.45) is 0 Å². The average Bonchev–Trinajstić information content (AvgIpc) is 3.01. The number of nitrogens with zero attached hydrogens (tertiary/aromatic N) is 1. The Morgan fingerprint density at radius 3 is 2.20 bits per heavy atom. The molecule has 3 heteroatoms. The molecule has 1 aliphatic heterocycles. The first-order valence-corrected chi connectivity index (χ1v) is 7.52. The summed E-state index contributed by atoms with van der Waals surface area (Å²) in [5, 5.41) is 4.22. The molecular weight excluding hydrogens is 268 g/mol. The third-order valence-electron chi connectivity index (χ3n) is 3.75. The maximum absolute atomic E-state index is 5.88. The molecule has 2 aromatic rings. The van der Waals surface area contributed by atoms with Crippen LogP contribution in [0, 0.1) is 0 Å². The van der Waals surface area contributed by atoms with Gasteiger partial charge in [0.15, 0.2) is 0 Å². The summed E-state index contributed by atoms with van der Waals surface area (Å²) in [6.45, 7) is 3.20. The molecule has 0 radical (unpaired) electrons. The van der Waals surface area contributed by atoms with Crippen molar-refractivity contribution in [3.8, 4) is 0 Å². The molecule has 0 unspecified atom stereocenters. The monoisotopic (exact) mass is 286 g/mol. The zero-order chi connectivity index (χ0) is 13.8. The summed E-state index contributed by atoms with van der Waals surface area (Å²) in [7, 11) is 0. The van der Waals surface area contributed by atoms with E-state index in [-0.39, 0.29) is 0 Å². The fourth-order valence-corrected chi connectivity index (χ4v) is 2.70. The Balaban J connectivity index is 1.59. The molecule has 1 N–H and O–H groups in total.